The van der Waals surface area contributed by atoms with E-state index in [-0.39, 0.29) is 5.82 Å². The van der Waals surface area contributed by atoms with Crippen LogP contribution in [-0.2, 0) is 6.54 Å². The van der Waals surface area contributed by atoms with Crippen molar-refractivity contribution in [1.82, 2.24) is 10.3 Å². The van der Waals surface area contributed by atoms with Crippen LogP contribution in [0.4, 0.5) is 4.39 Å². The zero-order chi connectivity index (χ0) is 13.0. The third-order valence-electron chi connectivity index (χ3n) is 2.44. The molecule has 0 bridgehead atoms. The fourth-order valence-electron chi connectivity index (χ4n) is 1.57. The zero-order valence-electron chi connectivity index (χ0n) is 10.0. The van der Waals surface area contributed by atoms with Crippen molar-refractivity contribution in [3.63, 3.8) is 0 Å². The van der Waals surface area contributed by atoms with Gasteiger partial charge in [-0.15, -0.1) is 11.3 Å². The molecular formula is C13H14ClFN2S. The number of hydrogen-bond acceptors (Lipinski definition) is 3. The van der Waals surface area contributed by atoms with Crippen LogP contribution in [0, 0.1) is 5.82 Å². The minimum absolute atomic E-state index is 0.290. The van der Waals surface area contributed by atoms with E-state index in [9.17, 15) is 4.39 Å². The Balaban J connectivity index is 2.16. The van der Waals surface area contributed by atoms with Crippen LogP contribution in [-0.4, -0.2) is 11.5 Å². The first-order valence-corrected chi connectivity index (χ1v) is 7.07. The highest BCUT2D eigenvalue weighted by Crippen LogP contribution is 2.28. The zero-order valence-corrected chi connectivity index (χ0v) is 11.6. The smallest absolute Gasteiger partial charge is 0.133 e. The highest BCUT2D eigenvalue weighted by molar-refractivity contribution is 7.13. The van der Waals surface area contributed by atoms with Crippen LogP contribution in [0.15, 0.2) is 23.6 Å². The molecule has 5 heteroatoms. The van der Waals surface area contributed by atoms with Crippen molar-refractivity contribution in [3.05, 3.63) is 40.1 Å². The van der Waals surface area contributed by atoms with Gasteiger partial charge in [-0.3, -0.25) is 0 Å². The Bertz CT molecular complexity index is 527. The number of benzene rings is 1. The molecule has 0 saturated carbocycles. The molecule has 0 spiro atoms. The van der Waals surface area contributed by atoms with E-state index in [1.807, 2.05) is 5.38 Å². The highest BCUT2D eigenvalue weighted by Gasteiger charge is 2.10. The third kappa shape index (κ3) is 3.28. The van der Waals surface area contributed by atoms with Crippen molar-refractivity contribution in [3.8, 4) is 10.6 Å². The monoisotopic (exact) mass is 284 g/mol. The van der Waals surface area contributed by atoms with E-state index in [1.54, 1.807) is 6.07 Å². The fourth-order valence-corrected chi connectivity index (χ4v) is 2.58. The van der Waals surface area contributed by atoms with E-state index in [0.717, 1.165) is 18.7 Å². The molecule has 18 heavy (non-hydrogen) atoms. The molecule has 1 N–H and O–H groups in total. The number of nitrogens with one attached hydrogen (secondary N) is 1. The summed E-state index contributed by atoms with van der Waals surface area (Å²) in [7, 11) is 0. The van der Waals surface area contributed by atoms with E-state index in [0.29, 0.717) is 22.1 Å². The number of rotatable bonds is 5. The van der Waals surface area contributed by atoms with Crippen molar-refractivity contribution in [1.29, 1.82) is 0 Å². The molecule has 0 aliphatic rings. The average molecular weight is 285 g/mol. The summed E-state index contributed by atoms with van der Waals surface area (Å²) in [6.45, 7) is 3.78. The molecule has 2 aromatic rings. The first-order valence-electron chi connectivity index (χ1n) is 5.81. The van der Waals surface area contributed by atoms with Gasteiger partial charge in [0.2, 0.25) is 0 Å². The van der Waals surface area contributed by atoms with Gasteiger partial charge in [0.05, 0.1) is 5.69 Å². The Kier molecular flexibility index (Phi) is 4.69. The predicted octanol–water partition coefficient (Wildman–Crippen LogP) is 4.10. The fraction of sp³-hybridized carbons (Fsp3) is 0.308. The Morgan fingerprint density at radius 2 is 2.28 bits per heavy atom. The molecule has 0 fully saturated rings. The molecule has 0 aliphatic carbocycles. The van der Waals surface area contributed by atoms with Gasteiger partial charge >= 0.3 is 0 Å². The Morgan fingerprint density at radius 1 is 1.44 bits per heavy atom. The van der Waals surface area contributed by atoms with Gasteiger partial charge in [0.15, 0.2) is 0 Å². The maximum atomic E-state index is 13.7. The first kappa shape index (κ1) is 13.5. The van der Waals surface area contributed by atoms with Gasteiger partial charge in [-0.1, -0.05) is 18.5 Å². The predicted molar refractivity (Wildman–Crippen MR) is 74.5 cm³/mol. The van der Waals surface area contributed by atoms with Crippen LogP contribution < -0.4 is 5.32 Å². The summed E-state index contributed by atoms with van der Waals surface area (Å²) in [5.41, 5.74) is 1.40. The summed E-state index contributed by atoms with van der Waals surface area (Å²) in [6, 6.07) is 4.52. The minimum Gasteiger partial charge on any atom is -0.311 e. The van der Waals surface area contributed by atoms with Crippen LogP contribution in [0.5, 0.6) is 0 Å². The second kappa shape index (κ2) is 6.27. The molecule has 2 rings (SSSR count). The van der Waals surface area contributed by atoms with Crippen LogP contribution in [0.3, 0.4) is 0 Å². The molecular weight excluding hydrogens is 271 g/mol. The molecule has 1 aromatic carbocycles. The number of thiazole rings is 1. The second-order valence-electron chi connectivity index (χ2n) is 3.94. The molecule has 2 nitrogen and oxygen atoms in total. The summed E-state index contributed by atoms with van der Waals surface area (Å²) in [6.07, 6.45) is 1.08. The normalized spacial score (nSPS) is 10.8. The summed E-state index contributed by atoms with van der Waals surface area (Å²) < 4.78 is 13.7. The van der Waals surface area contributed by atoms with Crippen molar-refractivity contribution < 1.29 is 4.39 Å². The van der Waals surface area contributed by atoms with Crippen LogP contribution in [0.25, 0.3) is 10.6 Å². The quantitative estimate of drug-likeness (QED) is 0.836. The molecule has 0 saturated heterocycles. The number of halogens is 2. The summed E-state index contributed by atoms with van der Waals surface area (Å²) in [5, 5.41) is 6.40. The average Bonchev–Trinajstić information content (AvgIpc) is 2.81. The lowest BCUT2D eigenvalue weighted by atomic mass is 10.2. The lowest BCUT2D eigenvalue weighted by Crippen LogP contribution is -2.13. The summed E-state index contributed by atoms with van der Waals surface area (Å²) in [5.74, 6) is -0.290. The van der Waals surface area contributed by atoms with Gasteiger partial charge in [0, 0.05) is 22.5 Å². The van der Waals surface area contributed by atoms with Crippen molar-refractivity contribution in [2.45, 2.75) is 19.9 Å². The van der Waals surface area contributed by atoms with Gasteiger partial charge in [-0.05, 0) is 31.2 Å². The first-order chi connectivity index (χ1) is 8.70. The topological polar surface area (TPSA) is 24.9 Å². The van der Waals surface area contributed by atoms with Gasteiger partial charge in [0.25, 0.3) is 0 Å². The second-order valence-corrected chi connectivity index (χ2v) is 5.24. The van der Waals surface area contributed by atoms with Crippen molar-refractivity contribution in [2.75, 3.05) is 6.54 Å². The Labute approximate surface area is 115 Å². The summed E-state index contributed by atoms with van der Waals surface area (Å²) >= 11 is 7.31. The number of nitrogens with zero attached hydrogens (tertiary/aromatic N) is 1. The van der Waals surface area contributed by atoms with Gasteiger partial charge in [-0.2, -0.15) is 0 Å². The van der Waals surface area contributed by atoms with Crippen LogP contribution in [0.2, 0.25) is 5.02 Å². The molecule has 0 aliphatic heterocycles. The van der Waals surface area contributed by atoms with Gasteiger partial charge in [0.1, 0.15) is 10.8 Å². The molecule has 1 heterocycles. The van der Waals surface area contributed by atoms with Crippen LogP contribution in [0.1, 0.15) is 19.0 Å². The molecule has 0 amide bonds. The maximum Gasteiger partial charge on any atom is 0.133 e. The van der Waals surface area contributed by atoms with E-state index in [2.05, 4.69) is 17.2 Å². The molecule has 0 atom stereocenters. The third-order valence-corrected chi connectivity index (χ3v) is 3.60. The summed E-state index contributed by atoms with van der Waals surface area (Å²) in [4.78, 5) is 4.41. The van der Waals surface area contributed by atoms with E-state index in [4.69, 9.17) is 11.6 Å². The molecule has 0 radical (unpaired) electrons. The maximum absolute atomic E-state index is 13.7. The molecule has 1 aromatic heterocycles. The van der Waals surface area contributed by atoms with Gasteiger partial charge < -0.3 is 5.32 Å². The number of hydrogen-bond donors (Lipinski definition) is 1. The lowest BCUT2D eigenvalue weighted by molar-refractivity contribution is 0.631. The van der Waals surface area contributed by atoms with E-state index < -0.39 is 0 Å². The number of aromatic nitrogens is 1. The molecule has 96 valence electrons. The highest BCUT2D eigenvalue weighted by atomic mass is 35.5. The largest absolute Gasteiger partial charge is 0.311 e. The van der Waals surface area contributed by atoms with Crippen molar-refractivity contribution >= 4 is 22.9 Å². The Morgan fingerprint density at radius 3 is 3.06 bits per heavy atom. The standard InChI is InChI=1S/C13H14ClFN2S/c1-2-5-16-7-10-8-18-13(17-10)11-6-9(14)3-4-12(11)15/h3-4,6,8,16H,2,5,7H2,1H3. The Hall–Kier alpha value is -0.970. The van der Waals surface area contributed by atoms with E-state index in [1.165, 1.54) is 23.5 Å². The van der Waals surface area contributed by atoms with Gasteiger partial charge in [-0.25, -0.2) is 9.37 Å². The minimum atomic E-state index is -0.290. The lowest BCUT2D eigenvalue weighted by Gasteiger charge is -2.00. The molecule has 0 unspecified atom stereocenters. The SMILES string of the molecule is CCCNCc1csc(-c2cc(Cl)ccc2F)n1. The van der Waals surface area contributed by atoms with Crippen LogP contribution >= 0.6 is 22.9 Å². The van der Waals surface area contributed by atoms with Crippen molar-refractivity contribution in [2.24, 2.45) is 0 Å². The van der Waals surface area contributed by atoms with E-state index >= 15 is 0 Å².